The second-order valence-corrected chi connectivity index (χ2v) is 2.67. The molecule has 2 rings (SSSR count). The summed E-state index contributed by atoms with van der Waals surface area (Å²) in [5, 5.41) is 16.3. The van der Waals surface area contributed by atoms with Gasteiger partial charge in [0.2, 0.25) is 0 Å². The number of aromatic amines is 1. The number of nitrogens with one attached hydrogen (secondary N) is 1. The number of halogens is 1. The van der Waals surface area contributed by atoms with E-state index in [0.29, 0.717) is 16.5 Å². The van der Waals surface area contributed by atoms with Crippen LogP contribution < -0.4 is 0 Å². The van der Waals surface area contributed by atoms with Gasteiger partial charge in [0, 0.05) is 10.9 Å². The molecule has 12 heavy (non-hydrogen) atoms. The van der Waals surface area contributed by atoms with Gasteiger partial charge >= 0.3 is 0 Å². The molecule has 0 amide bonds. The molecule has 0 aliphatic carbocycles. The molecule has 4 heteroatoms. The smallest absolute Gasteiger partial charge is 0.165 e. The molecule has 0 bridgehead atoms. The minimum atomic E-state index is -0.610. The molecule has 0 aliphatic heterocycles. The zero-order valence-electron chi connectivity index (χ0n) is 6.43. The van der Waals surface area contributed by atoms with E-state index in [1.165, 1.54) is 12.3 Å². The van der Waals surface area contributed by atoms with Gasteiger partial charge in [0.05, 0.1) is 11.7 Å². The standard InChI is InChI=1S/C8H7FN2O/c1-4-7-5(3-10-11-7)2-6(9)8(4)12/h2-3,12H,1H3,(H,10,11). The molecule has 0 aliphatic rings. The molecule has 1 heterocycles. The highest BCUT2D eigenvalue weighted by Gasteiger charge is 2.09. The Morgan fingerprint density at radius 1 is 1.58 bits per heavy atom. The molecule has 3 nitrogen and oxygen atoms in total. The highest BCUT2D eigenvalue weighted by atomic mass is 19.1. The van der Waals surface area contributed by atoms with Crippen molar-refractivity contribution in [3.05, 3.63) is 23.6 Å². The van der Waals surface area contributed by atoms with E-state index in [1.54, 1.807) is 6.92 Å². The highest BCUT2D eigenvalue weighted by Crippen LogP contribution is 2.27. The van der Waals surface area contributed by atoms with Crippen LogP contribution in [0.2, 0.25) is 0 Å². The zero-order valence-corrected chi connectivity index (χ0v) is 6.43. The van der Waals surface area contributed by atoms with Gasteiger partial charge in [-0.2, -0.15) is 5.10 Å². The number of aryl methyl sites for hydroxylation is 1. The number of aromatic nitrogens is 2. The predicted molar refractivity (Wildman–Crippen MR) is 42.5 cm³/mol. The van der Waals surface area contributed by atoms with Crippen molar-refractivity contribution >= 4 is 10.9 Å². The van der Waals surface area contributed by atoms with Crippen LogP contribution >= 0.6 is 0 Å². The van der Waals surface area contributed by atoms with Gasteiger partial charge in [-0.05, 0) is 13.0 Å². The number of phenols is 1. The summed E-state index contributed by atoms with van der Waals surface area (Å²) in [6, 6.07) is 1.25. The van der Waals surface area contributed by atoms with E-state index in [1.807, 2.05) is 0 Å². The molecule has 62 valence electrons. The maximum Gasteiger partial charge on any atom is 0.165 e. The van der Waals surface area contributed by atoms with E-state index in [9.17, 15) is 9.50 Å². The summed E-state index contributed by atoms with van der Waals surface area (Å²) in [6.45, 7) is 1.64. The van der Waals surface area contributed by atoms with Crippen LogP contribution in [0.1, 0.15) is 5.56 Å². The average molecular weight is 166 g/mol. The number of fused-ring (bicyclic) bond motifs is 1. The first-order valence-electron chi connectivity index (χ1n) is 3.51. The topological polar surface area (TPSA) is 48.9 Å². The van der Waals surface area contributed by atoms with Gasteiger partial charge in [0.15, 0.2) is 11.6 Å². The van der Waals surface area contributed by atoms with Gasteiger partial charge in [-0.15, -0.1) is 0 Å². The third-order valence-electron chi connectivity index (χ3n) is 1.91. The van der Waals surface area contributed by atoms with Gasteiger partial charge in [-0.1, -0.05) is 0 Å². The molecule has 0 fully saturated rings. The lowest BCUT2D eigenvalue weighted by atomic mass is 10.1. The van der Waals surface area contributed by atoms with Crippen molar-refractivity contribution in [1.29, 1.82) is 0 Å². The number of rotatable bonds is 0. The van der Waals surface area contributed by atoms with Crippen molar-refractivity contribution in [2.24, 2.45) is 0 Å². The molecule has 0 saturated heterocycles. The van der Waals surface area contributed by atoms with E-state index in [2.05, 4.69) is 10.2 Å². The molecule has 1 aromatic heterocycles. The van der Waals surface area contributed by atoms with Crippen molar-refractivity contribution in [2.75, 3.05) is 0 Å². The number of hydrogen-bond acceptors (Lipinski definition) is 2. The first-order chi connectivity index (χ1) is 5.70. The molecular weight excluding hydrogens is 159 g/mol. The van der Waals surface area contributed by atoms with Crippen LogP contribution in [0, 0.1) is 12.7 Å². The summed E-state index contributed by atoms with van der Waals surface area (Å²) in [4.78, 5) is 0. The second-order valence-electron chi connectivity index (χ2n) is 2.67. The number of phenolic OH excluding ortho intramolecular Hbond substituents is 1. The molecule has 0 radical (unpaired) electrons. The van der Waals surface area contributed by atoms with Crippen molar-refractivity contribution in [3.8, 4) is 5.75 Å². The third-order valence-corrected chi connectivity index (χ3v) is 1.91. The summed E-state index contributed by atoms with van der Waals surface area (Å²) in [7, 11) is 0. The molecular formula is C8H7FN2O. The van der Waals surface area contributed by atoms with Gasteiger partial charge in [-0.25, -0.2) is 4.39 Å². The fraction of sp³-hybridized carbons (Fsp3) is 0.125. The SMILES string of the molecule is Cc1c(O)c(F)cc2cn[nH]c12. The van der Waals surface area contributed by atoms with Crippen LogP contribution in [0.3, 0.4) is 0 Å². The lowest BCUT2D eigenvalue weighted by Gasteiger charge is -2.00. The Morgan fingerprint density at radius 2 is 2.33 bits per heavy atom. The normalized spacial score (nSPS) is 10.8. The Bertz CT molecular complexity index is 436. The number of benzene rings is 1. The van der Waals surface area contributed by atoms with Gasteiger partial charge in [0.25, 0.3) is 0 Å². The Morgan fingerprint density at radius 3 is 3.08 bits per heavy atom. The molecule has 0 atom stereocenters. The lowest BCUT2D eigenvalue weighted by Crippen LogP contribution is -1.83. The molecule has 0 saturated carbocycles. The molecule has 0 spiro atoms. The van der Waals surface area contributed by atoms with E-state index in [-0.39, 0.29) is 5.75 Å². The van der Waals surface area contributed by atoms with Crippen LogP contribution in [0.25, 0.3) is 10.9 Å². The summed E-state index contributed by atoms with van der Waals surface area (Å²) in [6.07, 6.45) is 1.52. The van der Waals surface area contributed by atoms with Gasteiger partial charge in [-0.3, -0.25) is 5.10 Å². The molecule has 1 aromatic carbocycles. The predicted octanol–water partition coefficient (Wildman–Crippen LogP) is 1.72. The largest absolute Gasteiger partial charge is 0.505 e. The van der Waals surface area contributed by atoms with E-state index < -0.39 is 5.82 Å². The maximum absolute atomic E-state index is 12.9. The van der Waals surface area contributed by atoms with Crippen LogP contribution in [-0.2, 0) is 0 Å². The Labute approximate surface area is 67.8 Å². The van der Waals surface area contributed by atoms with Crippen LogP contribution in [0.4, 0.5) is 4.39 Å². The molecule has 2 aromatic rings. The first-order valence-corrected chi connectivity index (χ1v) is 3.51. The summed E-state index contributed by atoms with van der Waals surface area (Å²) in [5.74, 6) is -0.923. The van der Waals surface area contributed by atoms with Crippen molar-refractivity contribution in [3.63, 3.8) is 0 Å². The number of aromatic hydroxyl groups is 1. The Kier molecular flexibility index (Phi) is 1.30. The van der Waals surface area contributed by atoms with E-state index in [4.69, 9.17) is 0 Å². The molecule has 2 N–H and O–H groups in total. The Hall–Kier alpha value is -1.58. The first kappa shape index (κ1) is 7.09. The number of hydrogen-bond donors (Lipinski definition) is 2. The minimum Gasteiger partial charge on any atom is -0.505 e. The third kappa shape index (κ3) is 0.777. The van der Waals surface area contributed by atoms with Crippen molar-refractivity contribution < 1.29 is 9.50 Å². The monoisotopic (exact) mass is 166 g/mol. The van der Waals surface area contributed by atoms with Crippen LogP contribution in [0.15, 0.2) is 12.3 Å². The molecule has 0 unspecified atom stereocenters. The van der Waals surface area contributed by atoms with Gasteiger partial charge < -0.3 is 5.11 Å². The fourth-order valence-electron chi connectivity index (χ4n) is 1.21. The maximum atomic E-state index is 12.9. The zero-order chi connectivity index (χ0) is 8.72. The summed E-state index contributed by atoms with van der Waals surface area (Å²) in [5.41, 5.74) is 1.16. The minimum absolute atomic E-state index is 0.313. The summed E-state index contributed by atoms with van der Waals surface area (Å²) >= 11 is 0. The van der Waals surface area contributed by atoms with Crippen molar-refractivity contribution in [2.45, 2.75) is 6.92 Å². The second kappa shape index (κ2) is 2.20. The van der Waals surface area contributed by atoms with E-state index in [0.717, 1.165) is 0 Å². The summed E-state index contributed by atoms with van der Waals surface area (Å²) < 4.78 is 12.9. The number of H-pyrrole nitrogens is 1. The van der Waals surface area contributed by atoms with Crippen molar-refractivity contribution in [1.82, 2.24) is 10.2 Å². The Balaban J connectivity index is 2.94. The quantitative estimate of drug-likeness (QED) is 0.626. The highest BCUT2D eigenvalue weighted by molar-refractivity contribution is 5.83. The average Bonchev–Trinajstić information content (AvgIpc) is 2.48. The van der Waals surface area contributed by atoms with Crippen LogP contribution in [0.5, 0.6) is 5.75 Å². The lowest BCUT2D eigenvalue weighted by molar-refractivity contribution is 0.430. The van der Waals surface area contributed by atoms with Gasteiger partial charge in [0.1, 0.15) is 0 Å². The fourth-order valence-corrected chi connectivity index (χ4v) is 1.21. The van der Waals surface area contributed by atoms with E-state index >= 15 is 0 Å². The van der Waals surface area contributed by atoms with Crippen LogP contribution in [-0.4, -0.2) is 15.3 Å². The number of nitrogens with zero attached hydrogens (tertiary/aromatic N) is 1.